The highest BCUT2D eigenvalue weighted by Crippen LogP contribution is 2.36. The third-order valence-electron chi connectivity index (χ3n) is 5.27. The number of aromatic nitrogens is 2. The Hall–Kier alpha value is -1.55. The molecule has 1 aromatic heterocycles. The quantitative estimate of drug-likeness (QED) is 0.146. The van der Waals surface area contributed by atoms with Gasteiger partial charge in [0.2, 0.25) is 0 Å². The zero-order chi connectivity index (χ0) is 23.4. The van der Waals surface area contributed by atoms with Crippen LogP contribution in [0, 0.1) is 11.6 Å². The average Bonchev–Trinajstić information content (AvgIpc) is 2.66. The lowest BCUT2D eigenvalue weighted by Gasteiger charge is -2.37. The summed E-state index contributed by atoms with van der Waals surface area (Å²) >= 11 is 7.27. The number of hydrogen-bond acceptors (Lipinski definition) is 6. The molecule has 0 fully saturated rings. The molecule has 1 atom stereocenters. The summed E-state index contributed by atoms with van der Waals surface area (Å²) < 4.78 is 33.5. The fraction of sp³-hybridized carbons (Fsp3) is 0.476. The predicted molar refractivity (Wildman–Crippen MR) is 125 cm³/mol. The zero-order valence-corrected chi connectivity index (χ0v) is 21.1. The Kier molecular flexibility index (Phi) is 8.60. The summed E-state index contributed by atoms with van der Waals surface area (Å²) in [6.07, 6.45) is 0.590. The van der Waals surface area contributed by atoms with E-state index in [2.05, 4.69) is 49.1 Å². The monoisotopic (exact) mass is 487 g/mol. The van der Waals surface area contributed by atoms with Gasteiger partial charge in [0.15, 0.2) is 31.4 Å². The molecule has 0 aliphatic carbocycles. The SMILES string of the molecule is C[C@H](CO[Si](C)(C)C(C)(C)C)Nc1nc(SCc2cccc(F)c2F)nc(Cl)c1C=O. The van der Waals surface area contributed by atoms with Gasteiger partial charge in [-0.3, -0.25) is 4.79 Å². The van der Waals surface area contributed by atoms with Crippen LogP contribution in [-0.2, 0) is 10.2 Å². The average molecular weight is 488 g/mol. The van der Waals surface area contributed by atoms with E-state index in [1.807, 2.05) is 6.92 Å². The number of aldehydes is 1. The van der Waals surface area contributed by atoms with Gasteiger partial charge in [0.25, 0.3) is 0 Å². The first-order chi connectivity index (χ1) is 14.4. The lowest BCUT2D eigenvalue weighted by atomic mass is 10.2. The van der Waals surface area contributed by atoms with Crippen LogP contribution in [-0.4, -0.2) is 37.2 Å². The maximum atomic E-state index is 13.9. The Morgan fingerprint density at radius 3 is 2.58 bits per heavy atom. The second-order valence-corrected chi connectivity index (χ2v) is 14.9. The third kappa shape index (κ3) is 6.71. The van der Waals surface area contributed by atoms with Crippen molar-refractivity contribution in [2.45, 2.75) is 62.8 Å². The van der Waals surface area contributed by atoms with Crippen LogP contribution >= 0.6 is 23.4 Å². The number of nitrogens with zero attached hydrogens (tertiary/aromatic N) is 2. The molecule has 0 radical (unpaired) electrons. The Bertz CT molecular complexity index is 942. The predicted octanol–water partition coefficient (Wildman–Crippen LogP) is 6.34. The van der Waals surface area contributed by atoms with Crippen molar-refractivity contribution in [3.8, 4) is 0 Å². The summed E-state index contributed by atoms with van der Waals surface area (Å²) in [6.45, 7) is 13.2. The topological polar surface area (TPSA) is 64.1 Å². The second-order valence-electron chi connectivity index (χ2n) is 8.80. The molecule has 1 aromatic carbocycles. The Labute approximate surface area is 192 Å². The van der Waals surface area contributed by atoms with Crippen LogP contribution < -0.4 is 5.32 Å². The zero-order valence-electron chi connectivity index (χ0n) is 18.6. The van der Waals surface area contributed by atoms with Crippen molar-refractivity contribution in [1.82, 2.24) is 9.97 Å². The molecular formula is C21H28ClF2N3O2SSi. The molecule has 2 rings (SSSR count). The van der Waals surface area contributed by atoms with Crippen molar-refractivity contribution in [3.63, 3.8) is 0 Å². The van der Waals surface area contributed by atoms with Crippen LogP contribution in [0.1, 0.15) is 43.6 Å². The van der Waals surface area contributed by atoms with Crippen molar-refractivity contribution >= 4 is 43.8 Å². The molecule has 1 heterocycles. The summed E-state index contributed by atoms with van der Waals surface area (Å²) in [5.74, 6) is -1.42. The molecule has 10 heteroatoms. The smallest absolute Gasteiger partial charge is 0.192 e. The molecule has 0 aliphatic heterocycles. The fourth-order valence-corrected chi connectivity index (χ4v) is 4.51. The van der Waals surface area contributed by atoms with Crippen molar-refractivity contribution in [2.24, 2.45) is 0 Å². The molecule has 5 nitrogen and oxygen atoms in total. The first-order valence-electron chi connectivity index (χ1n) is 9.84. The number of hydrogen-bond donors (Lipinski definition) is 1. The summed E-state index contributed by atoms with van der Waals surface area (Å²) in [5, 5.41) is 3.49. The molecule has 0 amide bonds. The van der Waals surface area contributed by atoms with Gasteiger partial charge in [0.1, 0.15) is 11.0 Å². The van der Waals surface area contributed by atoms with Crippen LogP contribution in [0.25, 0.3) is 0 Å². The standard InChI is InChI=1S/C21H28ClF2N3O2SSi/c1-13(11-29-31(5,6)21(2,3)4)25-19-15(10-28)18(22)26-20(27-19)30-12-14-8-7-9-16(23)17(14)24/h7-10,13H,11-12H2,1-6H3,(H,25,26,27)/t13-/m1/s1. The van der Waals surface area contributed by atoms with E-state index in [-0.39, 0.29) is 44.1 Å². The Balaban J connectivity index is 2.14. The van der Waals surface area contributed by atoms with Crippen LogP contribution in [0.2, 0.25) is 23.3 Å². The van der Waals surface area contributed by atoms with E-state index in [9.17, 15) is 13.6 Å². The Morgan fingerprint density at radius 1 is 1.29 bits per heavy atom. The number of carbonyl (C=O) groups excluding carboxylic acids is 1. The summed E-state index contributed by atoms with van der Waals surface area (Å²) in [5.41, 5.74) is 0.331. The van der Waals surface area contributed by atoms with E-state index in [0.29, 0.717) is 12.9 Å². The number of rotatable bonds is 9. The third-order valence-corrected chi connectivity index (χ3v) is 11.0. The minimum Gasteiger partial charge on any atom is -0.415 e. The highest BCUT2D eigenvalue weighted by molar-refractivity contribution is 7.98. The number of thioether (sulfide) groups is 1. The van der Waals surface area contributed by atoms with E-state index in [1.165, 1.54) is 12.1 Å². The van der Waals surface area contributed by atoms with E-state index in [0.717, 1.165) is 17.8 Å². The van der Waals surface area contributed by atoms with Gasteiger partial charge >= 0.3 is 0 Å². The molecule has 0 aliphatic rings. The van der Waals surface area contributed by atoms with E-state index >= 15 is 0 Å². The largest absolute Gasteiger partial charge is 0.415 e. The van der Waals surface area contributed by atoms with Gasteiger partial charge in [0, 0.05) is 17.4 Å². The van der Waals surface area contributed by atoms with Crippen LogP contribution in [0.3, 0.4) is 0 Å². The fourth-order valence-electron chi connectivity index (χ4n) is 2.33. The summed E-state index contributed by atoms with van der Waals surface area (Å²) in [6, 6.07) is 3.85. The summed E-state index contributed by atoms with van der Waals surface area (Å²) in [4.78, 5) is 20.0. The maximum Gasteiger partial charge on any atom is 0.192 e. The van der Waals surface area contributed by atoms with Gasteiger partial charge in [-0.2, -0.15) is 0 Å². The second kappa shape index (κ2) is 10.4. The van der Waals surface area contributed by atoms with E-state index in [4.69, 9.17) is 16.0 Å². The highest BCUT2D eigenvalue weighted by Gasteiger charge is 2.37. The highest BCUT2D eigenvalue weighted by atomic mass is 35.5. The van der Waals surface area contributed by atoms with Crippen molar-refractivity contribution in [1.29, 1.82) is 0 Å². The van der Waals surface area contributed by atoms with Gasteiger partial charge in [0.05, 0.1) is 12.2 Å². The molecular weight excluding hydrogens is 460 g/mol. The van der Waals surface area contributed by atoms with Gasteiger partial charge in [-0.15, -0.1) is 0 Å². The molecule has 0 unspecified atom stereocenters. The Morgan fingerprint density at radius 2 is 1.97 bits per heavy atom. The van der Waals surface area contributed by atoms with Crippen LogP contribution in [0.15, 0.2) is 23.4 Å². The number of benzene rings is 1. The van der Waals surface area contributed by atoms with Crippen molar-refractivity contribution in [2.75, 3.05) is 11.9 Å². The minimum atomic E-state index is -1.93. The molecule has 0 bridgehead atoms. The first kappa shape index (κ1) is 25.7. The van der Waals surface area contributed by atoms with Crippen LogP contribution in [0.5, 0.6) is 0 Å². The molecule has 31 heavy (non-hydrogen) atoms. The van der Waals surface area contributed by atoms with Gasteiger partial charge in [-0.25, -0.2) is 18.7 Å². The molecule has 170 valence electrons. The van der Waals surface area contributed by atoms with Crippen molar-refractivity contribution < 1.29 is 18.0 Å². The van der Waals surface area contributed by atoms with Gasteiger partial charge < -0.3 is 9.74 Å². The van der Waals surface area contributed by atoms with Crippen LogP contribution in [0.4, 0.5) is 14.6 Å². The number of carbonyl (C=O) groups is 1. The lowest BCUT2D eigenvalue weighted by Crippen LogP contribution is -2.43. The molecule has 1 N–H and O–H groups in total. The van der Waals surface area contributed by atoms with E-state index < -0.39 is 20.0 Å². The number of anilines is 1. The van der Waals surface area contributed by atoms with Gasteiger partial charge in [-0.05, 0) is 31.1 Å². The van der Waals surface area contributed by atoms with Gasteiger partial charge in [-0.1, -0.05) is 56.3 Å². The molecule has 0 saturated carbocycles. The van der Waals surface area contributed by atoms with Crippen molar-refractivity contribution in [3.05, 3.63) is 46.1 Å². The molecule has 2 aromatic rings. The molecule has 0 spiro atoms. The minimum absolute atomic E-state index is 0.00720. The normalized spacial score (nSPS) is 13.2. The number of nitrogens with one attached hydrogen (secondary N) is 1. The molecule has 0 saturated heterocycles. The lowest BCUT2D eigenvalue weighted by molar-refractivity contribution is 0.112. The summed E-state index contributed by atoms with van der Waals surface area (Å²) in [7, 11) is -1.93. The van der Waals surface area contributed by atoms with E-state index in [1.54, 1.807) is 0 Å². The maximum absolute atomic E-state index is 13.9. The number of halogens is 3. The first-order valence-corrected chi connectivity index (χ1v) is 14.1.